The third-order valence-corrected chi connectivity index (χ3v) is 2.57. The minimum Gasteiger partial charge on any atom is -0.532 e. The Labute approximate surface area is 87.9 Å². The zero-order valence-corrected chi connectivity index (χ0v) is 8.05. The Kier molecular flexibility index (Phi) is 1.79. The van der Waals surface area contributed by atoms with Crippen molar-refractivity contribution in [3.63, 3.8) is 0 Å². The van der Waals surface area contributed by atoms with Crippen LogP contribution >= 0.6 is 0 Å². The molecule has 0 bridgehead atoms. The number of fused-ring (bicyclic) bond motifs is 2. The smallest absolute Gasteiger partial charge is 0.532 e. The Morgan fingerprint density at radius 2 is 1.80 bits per heavy atom. The van der Waals surface area contributed by atoms with E-state index in [1.54, 1.807) is 5.98 Å². The molecule has 72 valence electrons. The lowest BCUT2D eigenvalue weighted by Gasteiger charge is -2.15. The molecule has 0 saturated heterocycles. The SMILES string of the molecule is OB1C=Cc2cc3ccccc3cc2O1. The summed E-state index contributed by atoms with van der Waals surface area (Å²) in [5.74, 6) is 2.38. The molecule has 3 rings (SSSR count). The Morgan fingerprint density at radius 1 is 1.07 bits per heavy atom. The van der Waals surface area contributed by atoms with Crippen molar-refractivity contribution in [1.82, 2.24) is 0 Å². The molecule has 2 aromatic rings. The summed E-state index contributed by atoms with van der Waals surface area (Å²) in [6.45, 7) is 0. The van der Waals surface area contributed by atoms with Gasteiger partial charge in [-0.2, -0.15) is 0 Å². The molecular weight excluding hydrogens is 187 g/mol. The summed E-state index contributed by atoms with van der Waals surface area (Å²) in [5.41, 5.74) is 1.01. The molecule has 0 atom stereocenters. The molecule has 0 aliphatic carbocycles. The molecule has 1 aliphatic heterocycles. The number of benzene rings is 2. The summed E-state index contributed by atoms with van der Waals surface area (Å²) in [4.78, 5) is 0. The van der Waals surface area contributed by atoms with E-state index < -0.39 is 7.12 Å². The van der Waals surface area contributed by atoms with Gasteiger partial charge in [0.25, 0.3) is 0 Å². The van der Waals surface area contributed by atoms with Crippen LogP contribution in [0.5, 0.6) is 5.75 Å². The molecule has 0 radical (unpaired) electrons. The van der Waals surface area contributed by atoms with Crippen molar-refractivity contribution in [2.75, 3.05) is 0 Å². The van der Waals surface area contributed by atoms with E-state index in [0.29, 0.717) is 0 Å². The lowest BCUT2D eigenvalue weighted by molar-refractivity contribution is 0.429. The fourth-order valence-corrected chi connectivity index (χ4v) is 1.82. The van der Waals surface area contributed by atoms with Crippen LogP contribution < -0.4 is 4.65 Å². The Balaban J connectivity index is 2.26. The molecule has 0 amide bonds. The van der Waals surface area contributed by atoms with Gasteiger partial charge < -0.3 is 9.68 Å². The molecule has 3 heteroatoms. The Bertz CT molecular complexity index is 548. The van der Waals surface area contributed by atoms with Gasteiger partial charge in [-0.15, -0.1) is 0 Å². The third-order valence-electron chi connectivity index (χ3n) is 2.57. The first-order valence-corrected chi connectivity index (χ1v) is 4.89. The monoisotopic (exact) mass is 196 g/mol. The molecular formula is C12H9BO2. The first-order valence-electron chi connectivity index (χ1n) is 4.89. The highest BCUT2D eigenvalue weighted by Crippen LogP contribution is 2.29. The molecule has 0 unspecified atom stereocenters. The maximum absolute atomic E-state index is 9.32. The van der Waals surface area contributed by atoms with Crippen LogP contribution in [0.15, 0.2) is 42.4 Å². The fourth-order valence-electron chi connectivity index (χ4n) is 1.82. The first-order chi connectivity index (χ1) is 7.33. The molecule has 2 aromatic carbocycles. The predicted octanol–water partition coefficient (Wildman–Crippen LogP) is 2.27. The topological polar surface area (TPSA) is 29.5 Å². The van der Waals surface area contributed by atoms with E-state index in [4.69, 9.17) is 4.65 Å². The molecule has 0 fully saturated rings. The molecule has 1 aliphatic rings. The van der Waals surface area contributed by atoms with E-state index in [2.05, 4.69) is 12.1 Å². The van der Waals surface area contributed by atoms with Crippen LogP contribution in [0.1, 0.15) is 5.56 Å². The highest BCUT2D eigenvalue weighted by molar-refractivity contribution is 6.51. The summed E-state index contributed by atoms with van der Waals surface area (Å²) in [5, 5.41) is 11.6. The molecule has 0 spiro atoms. The second-order valence-electron chi connectivity index (χ2n) is 3.60. The summed E-state index contributed by atoms with van der Waals surface area (Å²) in [7, 11) is -0.821. The third kappa shape index (κ3) is 1.41. The lowest BCUT2D eigenvalue weighted by Crippen LogP contribution is -2.21. The predicted molar refractivity (Wildman–Crippen MR) is 61.6 cm³/mol. The van der Waals surface area contributed by atoms with Crippen LogP contribution in [0.25, 0.3) is 16.8 Å². The van der Waals surface area contributed by atoms with Crippen LogP contribution in [-0.4, -0.2) is 12.1 Å². The van der Waals surface area contributed by atoms with Gasteiger partial charge in [-0.1, -0.05) is 30.3 Å². The van der Waals surface area contributed by atoms with Gasteiger partial charge in [-0.3, -0.25) is 0 Å². The van der Waals surface area contributed by atoms with Gasteiger partial charge in [0, 0.05) is 5.56 Å². The van der Waals surface area contributed by atoms with Crippen LogP contribution in [0.3, 0.4) is 0 Å². The normalized spacial score (nSPS) is 13.8. The van der Waals surface area contributed by atoms with E-state index in [9.17, 15) is 5.02 Å². The molecule has 2 nitrogen and oxygen atoms in total. The van der Waals surface area contributed by atoms with Gasteiger partial charge in [-0.05, 0) is 28.9 Å². The van der Waals surface area contributed by atoms with Gasteiger partial charge in [0.1, 0.15) is 5.75 Å². The van der Waals surface area contributed by atoms with Crippen molar-refractivity contribution in [1.29, 1.82) is 0 Å². The van der Waals surface area contributed by atoms with Crippen LogP contribution in [0.4, 0.5) is 0 Å². The van der Waals surface area contributed by atoms with Crippen LogP contribution in [0, 0.1) is 0 Å². The van der Waals surface area contributed by atoms with E-state index in [0.717, 1.165) is 16.7 Å². The minimum absolute atomic E-state index is 0.740. The summed E-state index contributed by atoms with van der Waals surface area (Å²) in [6, 6.07) is 12.1. The summed E-state index contributed by atoms with van der Waals surface area (Å²) < 4.78 is 5.31. The molecule has 0 saturated carbocycles. The van der Waals surface area contributed by atoms with Gasteiger partial charge >= 0.3 is 7.12 Å². The summed E-state index contributed by atoms with van der Waals surface area (Å²) in [6.07, 6.45) is 1.88. The molecule has 1 N–H and O–H groups in total. The van der Waals surface area contributed by atoms with Crippen molar-refractivity contribution >= 4 is 24.0 Å². The zero-order valence-electron chi connectivity index (χ0n) is 8.05. The second-order valence-corrected chi connectivity index (χ2v) is 3.60. The molecule has 1 heterocycles. The van der Waals surface area contributed by atoms with Crippen molar-refractivity contribution in [3.8, 4) is 5.75 Å². The van der Waals surface area contributed by atoms with Gasteiger partial charge in [-0.25, -0.2) is 0 Å². The van der Waals surface area contributed by atoms with Crippen molar-refractivity contribution in [2.24, 2.45) is 0 Å². The van der Waals surface area contributed by atoms with Crippen LogP contribution in [0.2, 0.25) is 0 Å². The second kappa shape index (κ2) is 3.14. The average Bonchev–Trinajstić information content (AvgIpc) is 2.26. The highest BCUT2D eigenvalue weighted by atomic mass is 16.5. The maximum Gasteiger partial charge on any atom is 0.552 e. The fraction of sp³-hybridized carbons (Fsp3) is 0. The number of hydrogen-bond donors (Lipinski definition) is 1. The first kappa shape index (κ1) is 8.56. The lowest BCUT2D eigenvalue weighted by atomic mass is 9.86. The standard InChI is InChI=1S/C12H9BO2/c14-13-6-5-11-7-9-3-1-2-4-10(9)8-12(11)15-13/h1-8,14H. The molecule has 0 aromatic heterocycles. The zero-order chi connectivity index (χ0) is 10.3. The minimum atomic E-state index is -0.821. The summed E-state index contributed by atoms with van der Waals surface area (Å²) >= 11 is 0. The number of rotatable bonds is 0. The highest BCUT2D eigenvalue weighted by Gasteiger charge is 2.17. The number of hydrogen-bond acceptors (Lipinski definition) is 2. The van der Waals surface area contributed by atoms with Crippen molar-refractivity contribution in [3.05, 3.63) is 47.9 Å². The van der Waals surface area contributed by atoms with Crippen LogP contribution in [-0.2, 0) is 0 Å². The van der Waals surface area contributed by atoms with Gasteiger partial charge in [0.2, 0.25) is 0 Å². The van der Waals surface area contributed by atoms with E-state index in [1.807, 2.05) is 30.3 Å². The van der Waals surface area contributed by atoms with Crippen molar-refractivity contribution < 1.29 is 9.68 Å². The largest absolute Gasteiger partial charge is 0.552 e. The van der Waals surface area contributed by atoms with E-state index in [-0.39, 0.29) is 0 Å². The van der Waals surface area contributed by atoms with Gasteiger partial charge in [0.05, 0.1) is 0 Å². The average molecular weight is 196 g/mol. The van der Waals surface area contributed by atoms with E-state index in [1.165, 1.54) is 5.39 Å². The Hall–Kier alpha value is -1.74. The van der Waals surface area contributed by atoms with E-state index >= 15 is 0 Å². The quantitative estimate of drug-likeness (QED) is 0.654. The Morgan fingerprint density at radius 3 is 2.60 bits per heavy atom. The maximum atomic E-state index is 9.32. The van der Waals surface area contributed by atoms with Crippen molar-refractivity contribution in [2.45, 2.75) is 0 Å². The molecule has 15 heavy (non-hydrogen) atoms. The van der Waals surface area contributed by atoms with Gasteiger partial charge in [0.15, 0.2) is 0 Å².